The van der Waals surface area contributed by atoms with E-state index < -0.39 is 0 Å². The largest absolute Gasteiger partial charge is 0.497 e. The van der Waals surface area contributed by atoms with Gasteiger partial charge in [-0.2, -0.15) is 0 Å². The summed E-state index contributed by atoms with van der Waals surface area (Å²) in [7, 11) is 3.17. The molecule has 0 atom stereocenters. The van der Waals surface area contributed by atoms with Crippen LogP contribution in [0.25, 0.3) is 11.6 Å². The molecule has 4 aromatic rings. The standard InChI is InChI=1S/C31H29N3O4/c1-37-25-17-16-24(29(19-25)38-2)18-26(22-8-4-3-5-9-22)31(36)33-20-21-12-14-23(15-13-21)30(35)34-28-11-7-6-10-27(28)32/h3-19H,20,32H2,1-2H3,(H,33,36)(H,34,35)/b26-18+. The second kappa shape index (κ2) is 12.3. The van der Waals surface area contributed by atoms with Crippen LogP contribution < -0.4 is 25.8 Å². The Kier molecular flexibility index (Phi) is 8.41. The molecule has 0 aliphatic carbocycles. The van der Waals surface area contributed by atoms with Gasteiger partial charge in [-0.05, 0) is 53.6 Å². The van der Waals surface area contributed by atoms with Crippen LogP contribution in [0.4, 0.5) is 11.4 Å². The molecule has 4 aromatic carbocycles. The average molecular weight is 508 g/mol. The van der Waals surface area contributed by atoms with Crippen molar-refractivity contribution in [1.82, 2.24) is 5.32 Å². The molecule has 0 aliphatic rings. The van der Waals surface area contributed by atoms with Crippen LogP contribution >= 0.6 is 0 Å². The molecule has 0 radical (unpaired) electrons. The minimum atomic E-state index is -0.263. The fourth-order valence-corrected chi connectivity index (χ4v) is 3.85. The van der Waals surface area contributed by atoms with Crippen molar-refractivity contribution >= 4 is 34.8 Å². The smallest absolute Gasteiger partial charge is 0.255 e. The molecule has 0 saturated carbocycles. The van der Waals surface area contributed by atoms with Gasteiger partial charge < -0.3 is 25.8 Å². The molecule has 0 aromatic heterocycles. The first-order valence-corrected chi connectivity index (χ1v) is 12.0. The number of methoxy groups -OCH3 is 2. The van der Waals surface area contributed by atoms with Crippen LogP contribution in [-0.2, 0) is 11.3 Å². The molecular formula is C31H29N3O4. The number of rotatable bonds is 9. The van der Waals surface area contributed by atoms with E-state index in [1.807, 2.05) is 54.6 Å². The predicted octanol–water partition coefficient (Wildman–Crippen LogP) is 5.40. The summed E-state index contributed by atoms with van der Waals surface area (Å²) >= 11 is 0. The summed E-state index contributed by atoms with van der Waals surface area (Å²) in [5.41, 5.74) is 10.3. The van der Waals surface area contributed by atoms with Gasteiger partial charge in [-0.15, -0.1) is 0 Å². The van der Waals surface area contributed by atoms with E-state index in [-0.39, 0.29) is 18.4 Å². The van der Waals surface area contributed by atoms with Crippen LogP contribution in [0, 0.1) is 0 Å². The second-order valence-corrected chi connectivity index (χ2v) is 8.45. The number of ether oxygens (including phenoxy) is 2. The Hall–Kier alpha value is -5.04. The van der Waals surface area contributed by atoms with Crippen LogP contribution in [0.2, 0.25) is 0 Å². The maximum Gasteiger partial charge on any atom is 0.255 e. The third kappa shape index (κ3) is 6.39. The minimum absolute atomic E-state index is 0.240. The topological polar surface area (TPSA) is 103 Å². The van der Waals surface area contributed by atoms with Crippen molar-refractivity contribution in [2.24, 2.45) is 0 Å². The van der Waals surface area contributed by atoms with Gasteiger partial charge in [0.2, 0.25) is 0 Å². The summed E-state index contributed by atoms with van der Waals surface area (Å²) in [5, 5.41) is 5.79. The SMILES string of the molecule is COc1ccc(/C=C(/C(=O)NCc2ccc(C(=O)Nc3ccccc3N)cc2)c2ccccc2)c(OC)c1. The van der Waals surface area contributed by atoms with Crippen molar-refractivity contribution in [3.05, 3.63) is 119 Å². The number of carbonyl (C=O) groups excluding carboxylic acids is 2. The lowest BCUT2D eigenvalue weighted by atomic mass is 10.0. The van der Waals surface area contributed by atoms with Gasteiger partial charge in [0.1, 0.15) is 11.5 Å². The van der Waals surface area contributed by atoms with E-state index in [1.54, 1.807) is 62.8 Å². The molecule has 0 aliphatic heterocycles. The maximum absolute atomic E-state index is 13.3. The van der Waals surface area contributed by atoms with Gasteiger partial charge in [0.15, 0.2) is 0 Å². The molecule has 0 spiro atoms. The minimum Gasteiger partial charge on any atom is -0.497 e. The van der Waals surface area contributed by atoms with E-state index in [9.17, 15) is 9.59 Å². The zero-order valence-electron chi connectivity index (χ0n) is 21.2. The highest BCUT2D eigenvalue weighted by Crippen LogP contribution is 2.29. The first-order valence-electron chi connectivity index (χ1n) is 12.0. The van der Waals surface area contributed by atoms with Crippen LogP contribution in [0.3, 0.4) is 0 Å². The fraction of sp³-hybridized carbons (Fsp3) is 0.0968. The predicted molar refractivity (Wildman–Crippen MR) is 151 cm³/mol. The maximum atomic E-state index is 13.3. The number of hydrogen-bond donors (Lipinski definition) is 3. The summed E-state index contributed by atoms with van der Waals surface area (Å²) in [6, 6.07) is 29.0. The first-order chi connectivity index (χ1) is 18.5. The van der Waals surface area contributed by atoms with Crippen molar-refractivity contribution in [1.29, 1.82) is 0 Å². The van der Waals surface area contributed by atoms with Crippen molar-refractivity contribution in [2.75, 3.05) is 25.3 Å². The summed E-state index contributed by atoms with van der Waals surface area (Å²) in [6.07, 6.45) is 1.80. The highest BCUT2D eigenvalue weighted by Gasteiger charge is 2.14. The van der Waals surface area contributed by atoms with Gasteiger partial charge in [-0.1, -0.05) is 54.6 Å². The van der Waals surface area contributed by atoms with Gasteiger partial charge in [-0.25, -0.2) is 0 Å². The molecule has 7 heteroatoms. The normalized spacial score (nSPS) is 10.9. The van der Waals surface area contributed by atoms with Gasteiger partial charge in [0, 0.05) is 29.3 Å². The molecule has 0 fully saturated rings. The van der Waals surface area contributed by atoms with Crippen LogP contribution in [0.1, 0.15) is 27.0 Å². The monoisotopic (exact) mass is 507 g/mol. The van der Waals surface area contributed by atoms with Crippen molar-refractivity contribution in [3.63, 3.8) is 0 Å². The second-order valence-electron chi connectivity index (χ2n) is 8.45. The molecule has 7 nitrogen and oxygen atoms in total. The van der Waals surface area contributed by atoms with Crippen molar-refractivity contribution in [3.8, 4) is 11.5 Å². The van der Waals surface area contributed by atoms with Gasteiger partial charge >= 0.3 is 0 Å². The Balaban J connectivity index is 1.49. The summed E-state index contributed by atoms with van der Waals surface area (Å²) in [4.78, 5) is 25.9. The van der Waals surface area contributed by atoms with Crippen LogP contribution in [0.5, 0.6) is 11.5 Å². The number of para-hydroxylation sites is 2. The number of hydrogen-bond acceptors (Lipinski definition) is 5. The number of nitrogen functional groups attached to an aromatic ring is 1. The zero-order chi connectivity index (χ0) is 26.9. The molecule has 0 saturated heterocycles. The molecule has 0 bridgehead atoms. The molecule has 0 heterocycles. The van der Waals surface area contributed by atoms with E-state index >= 15 is 0 Å². The lowest BCUT2D eigenvalue weighted by Gasteiger charge is -2.12. The highest BCUT2D eigenvalue weighted by molar-refractivity contribution is 6.24. The molecule has 38 heavy (non-hydrogen) atoms. The van der Waals surface area contributed by atoms with E-state index in [0.717, 1.165) is 16.7 Å². The van der Waals surface area contributed by atoms with Crippen LogP contribution in [0.15, 0.2) is 97.1 Å². The summed E-state index contributed by atoms with van der Waals surface area (Å²) < 4.78 is 10.8. The van der Waals surface area contributed by atoms with E-state index in [4.69, 9.17) is 15.2 Å². The number of nitrogens with one attached hydrogen (secondary N) is 2. The summed E-state index contributed by atoms with van der Waals surface area (Å²) in [6.45, 7) is 0.288. The molecule has 4 rings (SSSR count). The molecule has 0 unspecified atom stereocenters. The molecular weight excluding hydrogens is 478 g/mol. The zero-order valence-corrected chi connectivity index (χ0v) is 21.2. The quantitative estimate of drug-likeness (QED) is 0.160. The third-order valence-corrected chi connectivity index (χ3v) is 5.95. The number of carbonyl (C=O) groups is 2. The average Bonchev–Trinajstić information content (AvgIpc) is 2.96. The molecule has 2 amide bonds. The van der Waals surface area contributed by atoms with Gasteiger partial charge in [0.25, 0.3) is 11.8 Å². The highest BCUT2D eigenvalue weighted by atomic mass is 16.5. The van der Waals surface area contributed by atoms with Gasteiger partial charge in [-0.3, -0.25) is 9.59 Å². The van der Waals surface area contributed by atoms with Crippen molar-refractivity contribution in [2.45, 2.75) is 6.54 Å². The number of anilines is 2. The summed E-state index contributed by atoms with van der Waals surface area (Å²) in [5.74, 6) is 0.752. The van der Waals surface area contributed by atoms with Gasteiger partial charge in [0.05, 0.1) is 25.6 Å². The third-order valence-electron chi connectivity index (χ3n) is 5.95. The Labute approximate surface area is 221 Å². The number of benzene rings is 4. The molecule has 192 valence electrons. The molecule has 4 N–H and O–H groups in total. The Morgan fingerprint density at radius 2 is 1.53 bits per heavy atom. The lowest BCUT2D eigenvalue weighted by molar-refractivity contribution is -0.115. The van der Waals surface area contributed by atoms with Crippen LogP contribution in [-0.4, -0.2) is 26.0 Å². The Bertz CT molecular complexity index is 1450. The Morgan fingerprint density at radius 1 is 0.816 bits per heavy atom. The Morgan fingerprint density at radius 3 is 2.21 bits per heavy atom. The first kappa shape index (κ1) is 26.0. The number of amides is 2. The lowest BCUT2D eigenvalue weighted by Crippen LogP contribution is -2.24. The van der Waals surface area contributed by atoms with E-state index in [0.29, 0.717) is 34.0 Å². The van der Waals surface area contributed by atoms with E-state index in [1.165, 1.54) is 0 Å². The van der Waals surface area contributed by atoms with E-state index in [2.05, 4.69) is 10.6 Å². The number of nitrogens with two attached hydrogens (primary N) is 1. The fourth-order valence-electron chi connectivity index (χ4n) is 3.85. The van der Waals surface area contributed by atoms with Crippen molar-refractivity contribution < 1.29 is 19.1 Å².